The van der Waals surface area contributed by atoms with Gasteiger partial charge in [0, 0.05) is 5.56 Å². The van der Waals surface area contributed by atoms with Crippen LogP contribution in [-0.4, -0.2) is 5.16 Å². The third kappa shape index (κ3) is 1.76. The van der Waals surface area contributed by atoms with E-state index in [0.29, 0.717) is 0 Å². The molecule has 0 aliphatic heterocycles. The number of fused-ring (bicyclic) bond motifs is 1. The number of aryl methyl sites for hydroxylation is 1. The molecule has 0 spiro atoms. The van der Waals surface area contributed by atoms with Crippen LogP contribution in [0.15, 0.2) is 51.5 Å². The normalized spacial score (nSPS) is 10.9. The third-order valence-electron chi connectivity index (χ3n) is 2.78. The molecular weight excluding hydrogens is 278 g/mol. The molecule has 0 bridgehead atoms. The summed E-state index contributed by atoms with van der Waals surface area (Å²) in [5.74, 6) is 0. The Morgan fingerprint density at radius 3 is 2.59 bits per heavy atom. The molecule has 2 aromatic carbocycles. The molecule has 0 amide bonds. The molecule has 0 N–H and O–H groups in total. The molecule has 0 aliphatic rings. The predicted molar refractivity (Wildman–Crippen MR) is 71.9 cm³/mol. The lowest BCUT2D eigenvalue weighted by molar-refractivity contribution is 0.458. The Kier molecular flexibility index (Phi) is 2.48. The van der Waals surface area contributed by atoms with E-state index in [2.05, 4.69) is 52.3 Å². The average Bonchev–Trinajstić information content (AvgIpc) is 2.75. The van der Waals surface area contributed by atoms with Gasteiger partial charge in [-0.3, -0.25) is 0 Å². The summed E-state index contributed by atoms with van der Waals surface area (Å²) in [5.41, 5.74) is 4.00. The Morgan fingerprint density at radius 1 is 1.06 bits per heavy atom. The number of hydrogen-bond donors (Lipinski definition) is 0. The molecule has 1 heterocycles. The van der Waals surface area contributed by atoms with Crippen LogP contribution in [0.5, 0.6) is 0 Å². The molecule has 84 valence electrons. The van der Waals surface area contributed by atoms with E-state index in [0.717, 1.165) is 26.7 Å². The first kappa shape index (κ1) is 10.5. The maximum atomic E-state index is 5.37. The summed E-state index contributed by atoms with van der Waals surface area (Å²) >= 11 is 3.46. The first-order valence-corrected chi connectivity index (χ1v) is 6.16. The molecule has 3 aromatic rings. The van der Waals surface area contributed by atoms with Gasteiger partial charge in [0.25, 0.3) is 0 Å². The van der Waals surface area contributed by atoms with Gasteiger partial charge in [-0.05, 0) is 35.0 Å². The average molecular weight is 288 g/mol. The van der Waals surface area contributed by atoms with E-state index in [1.54, 1.807) is 0 Å². The molecule has 0 atom stereocenters. The van der Waals surface area contributed by atoms with E-state index in [1.807, 2.05) is 18.2 Å². The van der Waals surface area contributed by atoms with Crippen LogP contribution in [0.1, 0.15) is 5.56 Å². The zero-order valence-corrected chi connectivity index (χ0v) is 10.9. The second kappa shape index (κ2) is 4.00. The maximum absolute atomic E-state index is 5.37. The number of nitrogens with zero attached hydrogens (tertiary/aromatic N) is 1. The van der Waals surface area contributed by atoms with E-state index < -0.39 is 0 Å². The minimum absolute atomic E-state index is 0.795. The van der Waals surface area contributed by atoms with Crippen LogP contribution in [0.25, 0.3) is 22.2 Å². The summed E-state index contributed by atoms with van der Waals surface area (Å²) in [4.78, 5) is 0. The molecular formula is C14H10BrNO. The van der Waals surface area contributed by atoms with Gasteiger partial charge in [-0.1, -0.05) is 41.1 Å². The molecule has 0 aliphatic carbocycles. The van der Waals surface area contributed by atoms with Crippen molar-refractivity contribution in [2.24, 2.45) is 0 Å². The van der Waals surface area contributed by atoms with E-state index in [4.69, 9.17) is 4.52 Å². The van der Waals surface area contributed by atoms with Crippen LogP contribution in [-0.2, 0) is 0 Å². The van der Waals surface area contributed by atoms with Crippen LogP contribution < -0.4 is 0 Å². The molecule has 3 rings (SSSR count). The smallest absolute Gasteiger partial charge is 0.181 e. The van der Waals surface area contributed by atoms with Gasteiger partial charge < -0.3 is 4.52 Å². The van der Waals surface area contributed by atoms with Crippen LogP contribution in [0, 0.1) is 6.92 Å². The number of aromatic nitrogens is 1. The van der Waals surface area contributed by atoms with Gasteiger partial charge in [0.1, 0.15) is 5.69 Å². The molecule has 2 nitrogen and oxygen atoms in total. The van der Waals surface area contributed by atoms with Gasteiger partial charge in [0.15, 0.2) is 5.58 Å². The standard InChI is InChI=1S/C14H10BrNO/c1-9-5-7-10(8-6-9)13-11-3-2-4-12(15)14(11)17-16-13/h2-8H,1H3. The lowest BCUT2D eigenvalue weighted by Gasteiger charge is -1.97. The van der Waals surface area contributed by atoms with Gasteiger partial charge in [0.2, 0.25) is 0 Å². The van der Waals surface area contributed by atoms with E-state index in [9.17, 15) is 0 Å². The Morgan fingerprint density at radius 2 is 1.82 bits per heavy atom. The van der Waals surface area contributed by atoms with Gasteiger partial charge >= 0.3 is 0 Å². The summed E-state index contributed by atoms with van der Waals surface area (Å²) in [6, 6.07) is 14.2. The van der Waals surface area contributed by atoms with Crippen molar-refractivity contribution in [3.63, 3.8) is 0 Å². The monoisotopic (exact) mass is 287 g/mol. The van der Waals surface area contributed by atoms with Crippen LogP contribution in [0.4, 0.5) is 0 Å². The lowest BCUT2D eigenvalue weighted by Crippen LogP contribution is -1.79. The second-order valence-electron chi connectivity index (χ2n) is 4.01. The highest BCUT2D eigenvalue weighted by molar-refractivity contribution is 9.10. The summed E-state index contributed by atoms with van der Waals surface area (Å²) in [7, 11) is 0. The Hall–Kier alpha value is -1.61. The Bertz CT molecular complexity index is 670. The van der Waals surface area contributed by atoms with Gasteiger partial charge in [-0.2, -0.15) is 0 Å². The second-order valence-corrected chi connectivity index (χ2v) is 4.87. The van der Waals surface area contributed by atoms with Crippen LogP contribution >= 0.6 is 15.9 Å². The van der Waals surface area contributed by atoms with Crippen molar-refractivity contribution < 1.29 is 4.52 Å². The minimum atomic E-state index is 0.795. The summed E-state index contributed by atoms with van der Waals surface area (Å²) in [6.45, 7) is 2.07. The topological polar surface area (TPSA) is 26.0 Å². The molecule has 0 fully saturated rings. The zero-order chi connectivity index (χ0) is 11.8. The Labute approximate surface area is 107 Å². The van der Waals surface area contributed by atoms with Crippen molar-refractivity contribution in [2.45, 2.75) is 6.92 Å². The summed E-state index contributed by atoms with van der Waals surface area (Å²) in [6.07, 6.45) is 0. The Balaban J connectivity index is 2.24. The van der Waals surface area contributed by atoms with Crippen molar-refractivity contribution in [3.8, 4) is 11.3 Å². The van der Waals surface area contributed by atoms with Crippen molar-refractivity contribution in [3.05, 3.63) is 52.5 Å². The fourth-order valence-electron chi connectivity index (χ4n) is 1.85. The molecule has 17 heavy (non-hydrogen) atoms. The van der Waals surface area contributed by atoms with E-state index in [1.165, 1.54) is 5.56 Å². The highest BCUT2D eigenvalue weighted by atomic mass is 79.9. The van der Waals surface area contributed by atoms with Gasteiger partial charge in [-0.25, -0.2) is 0 Å². The number of benzene rings is 2. The fraction of sp³-hybridized carbons (Fsp3) is 0.0714. The largest absolute Gasteiger partial charge is 0.354 e. The SMILES string of the molecule is Cc1ccc(-c2noc3c(Br)cccc23)cc1. The first-order valence-electron chi connectivity index (χ1n) is 5.36. The summed E-state index contributed by atoms with van der Waals surface area (Å²) < 4.78 is 6.30. The van der Waals surface area contributed by atoms with E-state index in [-0.39, 0.29) is 0 Å². The molecule has 0 saturated carbocycles. The van der Waals surface area contributed by atoms with Crippen molar-refractivity contribution in [2.75, 3.05) is 0 Å². The highest BCUT2D eigenvalue weighted by Crippen LogP contribution is 2.31. The highest BCUT2D eigenvalue weighted by Gasteiger charge is 2.11. The number of halogens is 1. The zero-order valence-electron chi connectivity index (χ0n) is 9.27. The van der Waals surface area contributed by atoms with Crippen LogP contribution in [0.2, 0.25) is 0 Å². The first-order chi connectivity index (χ1) is 8.25. The molecule has 0 unspecified atom stereocenters. The van der Waals surface area contributed by atoms with Gasteiger partial charge in [0.05, 0.1) is 9.86 Å². The predicted octanol–water partition coefficient (Wildman–Crippen LogP) is 4.57. The van der Waals surface area contributed by atoms with Crippen molar-refractivity contribution in [1.29, 1.82) is 0 Å². The number of rotatable bonds is 1. The van der Waals surface area contributed by atoms with Crippen molar-refractivity contribution in [1.82, 2.24) is 5.16 Å². The van der Waals surface area contributed by atoms with E-state index >= 15 is 0 Å². The van der Waals surface area contributed by atoms with Crippen LogP contribution in [0.3, 0.4) is 0 Å². The number of para-hydroxylation sites is 1. The summed E-state index contributed by atoms with van der Waals surface area (Å²) in [5, 5.41) is 5.18. The van der Waals surface area contributed by atoms with Gasteiger partial charge in [-0.15, -0.1) is 0 Å². The molecule has 0 radical (unpaired) electrons. The lowest BCUT2D eigenvalue weighted by atomic mass is 10.1. The molecule has 1 aromatic heterocycles. The fourth-order valence-corrected chi connectivity index (χ4v) is 2.29. The quantitative estimate of drug-likeness (QED) is 0.655. The third-order valence-corrected chi connectivity index (χ3v) is 3.40. The number of hydrogen-bond acceptors (Lipinski definition) is 2. The molecule has 3 heteroatoms. The van der Waals surface area contributed by atoms with Crippen molar-refractivity contribution >= 4 is 26.9 Å². The molecule has 0 saturated heterocycles. The minimum Gasteiger partial charge on any atom is -0.354 e. The maximum Gasteiger partial charge on any atom is 0.181 e.